The first-order valence-corrected chi connectivity index (χ1v) is 8.48. The van der Waals surface area contributed by atoms with Gasteiger partial charge >= 0.3 is 0 Å². The Bertz CT molecular complexity index is 744. The standard InChI is InChI=1S/C16H13N3OS2/c20-14(13-9-5-2-6-10-13)17-15-18-19-16(22-15)21-11-12-7-3-1-4-8-12/h1-10H,11H2,(H,17,18,20). The Morgan fingerprint density at radius 1 is 1.00 bits per heavy atom. The largest absolute Gasteiger partial charge is 0.296 e. The molecule has 3 aromatic rings. The van der Waals surface area contributed by atoms with Gasteiger partial charge in [-0.3, -0.25) is 10.1 Å². The van der Waals surface area contributed by atoms with Crippen LogP contribution in [0.2, 0.25) is 0 Å². The number of anilines is 1. The van der Waals surface area contributed by atoms with Gasteiger partial charge in [0.2, 0.25) is 5.13 Å². The molecule has 0 fully saturated rings. The van der Waals surface area contributed by atoms with E-state index >= 15 is 0 Å². The van der Waals surface area contributed by atoms with Crippen LogP contribution in [0.3, 0.4) is 0 Å². The molecule has 3 rings (SSSR count). The van der Waals surface area contributed by atoms with Crippen molar-refractivity contribution < 1.29 is 4.79 Å². The molecule has 0 aliphatic heterocycles. The van der Waals surface area contributed by atoms with Gasteiger partial charge in [0.1, 0.15) is 0 Å². The van der Waals surface area contributed by atoms with Gasteiger partial charge in [-0.1, -0.05) is 71.6 Å². The summed E-state index contributed by atoms with van der Waals surface area (Å²) in [7, 11) is 0. The number of amides is 1. The van der Waals surface area contributed by atoms with Crippen LogP contribution in [-0.4, -0.2) is 16.1 Å². The van der Waals surface area contributed by atoms with Crippen LogP contribution in [0.25, 0.3) is 0 Å². The van der Waals surface area contributed by atoms with Crippen molar-refractivity contribution in [3.63, 3.8) is 0 Å². The minimum absolute atomic E-state index is 0.170. The molecule has 0 atom stereocenters. The van der Waals surface area contributed by atoms with E-state index in [1.807, 2.05) is 36.4 Å². The van der Waals surface area contributed by atoms with E-state index in [-0.39, 0.29) is 5.91 Å². The fraction of sp³-hybridized carbons (Fsp3) is 0.0625. The van der Waals surface area contributed by atoms with Crippen molar-refractivity contribution in [1.82, 2.24) is 10.2 Å². The zero-order valence-corrected chi connectivity index (χ0v) is 13.2. The van der Waals surface area contributed by atoms with E-state index in [1.165, 1.54) is 16.9 Å². The Labute approximate surface area is 136 Å². The van der Waals surface area contributed by atoms with E-state index in [1.54, 1.807) is 23.9 Å². The predicted molar refractivity (Wildman–Crippen MR) is 90.3 cm³/mol. The number of rotatable bonds is 5. The summed E-state index contributed by atoms with van der Waals surface area (Å²) in [6, 6.07) is 19.2. The molecule has 1 aromatic heterocycles. The van der Waals surface area contributed by atoms with E-state index < -0.39 is 0 Å². The van der Waals surface area contributed by atoms with Gasteiger partial charge in [-0.15, -0.1) is 10.2 Å². The molecule has 0 spiro atoms. The molecule has 2 aromatic carbocycles. The topological polar surface area (TPSA) is 54.9 Å². The number of nitrogens with zero attached hydrogens (tertiary/aromatic N) is 2. The summed E-state index contributed by atoms with van der Waals surface area (Å²) in [5.41, 5.74) is 1.84. The maximum atomic E-state index is 12.0. The Morgan fingerprint density at radius 2 is 1.68 bits per heavy atom. The third-order valence-electron chi connectivity index (χ3n) is 2.87. The van der Waals surface area contributed by atoms with Gasteiger partial charge in [-0.25, -0.2) is 0 Å². The minimum Gasteiger partial charge on any atom is -0.296 e. The van der Waals surface area contributed by atoms with Crippen LogP contribution >= 0.6 is 23.1 Å². The molecule has 0 aliphatic carbocycles. The number of carbonyl (C=O) groups excluding carboxylic acids is 1. The molecule has 1 N–H and O–H groups in total. The molecule has 0 aliphatic rings. The third-order valence-corrected chi connectivity index (χ3v) is 4.91. The van der Waals surface area contributed by atoms with Crippen molar-refractivity contribution in [1.29, 1.82) is 0 Å². The monoisotopic (exact) mass is 327 g/mol. The third kappa shape index (κ3) is 3.93. The summed E-state index contributed by atoms with van der Waals surface area (Å²) < 4.78 is 0.840. The summed E-state index contributed by atoms with van der Waals surface area (Å²) in [4.78, 5) is 12.0. The van der Waals surface area contributed by atoms with Gasteiger partial charge in [0, 0.05) is 11.3 Å². The molecule has 1 amide bonds. The van der Waals surface area contributed by atoms with Crippen molar-refractivity contribution in [2.45, 2.75) is 10.1 Å². The van der Waals surface area contributed by atoms with Crippen LogP contribution < -0.4 is 5.32 Å². The van der Waals surface area contributed by atoms with Crippen molar-refractivity contribution in [2.24, 2.45) is 0 Å². The number of aromatic nitrogens is 2. The van der Waals surface area contributed by atoms with Crippen LogP contribution in [0, 0.1) is 0 Å². The first-order chi connectivity index (χ1) is 10.8. The van der Waals surface area contributed by atoms with E-state index in [0.717, 1.165) is 10.1 Å². The van der Waals surface area contributed by atoms with E-state index in [4.69, 9.17) is 0 Å². The molecule has 0 bridgehead atoms. The zero-order chi connectivity index (χ0) is 15.2. The van der Waals surface area contributed by atoms with E-state index in [2.05, 4.69) is 27.6 Å². The lowest BCUT2D eigenvalue weighted by molar-refractivity contribution is 0.102. The normalized spacial score (nSPS) is 10.4. The Kier molecular flexibility index (Phi) is 4.82. The van der Waals surface area contributed by atoms with E-state index in [0.29, 0.717) is 10.7 Å². The predicted octanol–water partition coefficient (Wildman–Crippen LogP) is 4.08. The molecule has 22 heavy (non-hydrogen) atoms. The molecule has 110 valence electrons. The van der Waals surface area contributed by atoms with Crippen LogP contribution in [0.5, 0.6) is 0 Å². The molecule has 0 saturated heterocycles. The first-order valence-electron chi connectivity index (χ1n) is 6.68. The van der Waals surface area contributed by atoms with Crippen molar-refractivity contribution in [2.75, 3.05) is 5.32 Å². The maximum Gasteiger partial charge on any atom is 0.257 e. The summed E-state index contributed by atoms with van der Waals surface area (Å²) in [6.07, 6.45) is 0. The average Bonchev–Trinajstić information content (AvgIpc) is 3.02. The fourth-order valence-electron chi connectivity index (χ4n) is 1.80. The fourth-order valence-corrected chi connectivity index (χ4v) is 3.50. The maximum absolute atomic E-state index is 12.0. The molecule has 0 radical (unpaired) electrons. The van der Waals surface area contributed by atoms with Crippen molar-refractivity contribution in [3.05, 3.63) is 71.8 Å². The average molecular weight is 327 g/mol. The van der Waals surface area contributed by atoms with Gasteiger partial charge in [0.25, 0.3) is 5.91 Å². The van der Waals surface area contributed by atoms with Crippen LogP contribution in [0.1, 0.15) is 15.9 Å². The van der Waals surface area contributed by atoms with E-state index in [9.17, 15) is 4.79 Å². The number of thioether (sulfide) groups is 1. The minimum atomic E-state index is -0.170. The number of hydrogen-bond donors (Lipinski definition) is 1. The van der Waals surface area contributed by atoms with Gasteiger partial charge < -0.3 is 0 Å². The Hall–Kier alpha value is -2.18. The second-order valence-corrected chi connectivity index (χ2v) is 6.67. The number of nitrogens with one attached hydrogen (secondary N) is 1. The molecule has 1 heterocycles. The van der Waals surface area contributed by atoms with Crippen molar-refractivity contribution >= 4 is 34.1 Å². The lowest BCUT2D eigenvalue weighted by Gasteiger charge is -1.99. The molecular formula is C16H13N3OS2. The second kappa shape index (κ2) is 7.20. The number of carbonyl (C=O) groups is 1. The van der Waals surface area contributed by atoms with Crippen LogP contribution in [0.15, 0.2) is 65.0 Å². The summed E-state index contributed by atoms with van der Waals surface area (Å²) >= 11 is 2.99. The van der Waals surface area contributed by atoms with Gasteiger partial charge in [0.15, 0.2) is 4.34 Å². The van der Waals surface area contributed by atoms with Crippen LogP contribution in [-0.2, 0) is 5.75 Å². The van der Waals surface area contributed by atoms with Gasteiger partial charge in [-0.2, -0.15) is 0 Å². The smallest absolute Gasteiger partial charge is 0.257 e. The lowest BCUT2D eigenvalue weighted by atomic mass is 10.2. The highest BCUT2D eigenvalue weighted by molar-refractivity contribution is 8.00. The molecule has 6 heteroatoms. The van der Waals surface area contributed by atoms with Crippen molar-refractivity contribution in [3.8, 4) is 0 Å². The van der Waals surface area contributed by atoms with Crippen LogP contribution in [0.4, 0.5) is 5.13 Å². The highest BCUT2D eigenvalue weighted by Gasteiger charge is 2.10. The first kappa shape index (κ1) is 14.7. The zero-order valence-electron chi connectivity index (χ0n) is 11.6. The second-order valence-electron chi connectivity index (χ2n) is 4.47. The molecule has 0 unspecified atom stereocenters. The summed E-state index contributed by atoms with van der Waals surface area (Å²) in [6.45, 7) is 0. The Morgan fingerprint density at radius 3 is 2.41 bits per heavy atom. The highest BCUT2D eigenvalue weighted by atomic mass is 32.2. The molecule has 0 saturated carbocycles. The van der Waals surface area contributed by atoms with Gasteiger partial charge in [-0.05, 0) is 17.7 Å². The Balaban J connectivity index is 1.58. The highest BCUT2D eigenvalue weighted by Crippen LogP contribution is 2.28. The molecule has 4 nitrogen and oxygen atoms in total. The quantitative estimate of drug-likeness (QED) is 0.566. The number of benzene rings is 2. The summed E-state index contributed by atoms with van der Waals surface area (Å²) in [5, 5.41) is 11.4. The lowest BCUT2D eigenvalue weighted by Crippen LogP contribution is -2.11. The number of hydrogen-bond acceptors (Lipinski definition) is 5. The SMILES string of the molecule is O=C(Nc1nnc(SCc2ccccc2)s1)c1ccccc1. The summed E-state index contributed by atoms with van der Waals surface area (Å²) in [5.74, 6) is 0.665. The molecular weight excluding hydrogens is 314 g/mol. The van der Waals surface area contributed by atoms with Gasteiger partial charge in [0.05, 0.1) is 0 Å².